The lowest BCUT2D eigenvalue weighted by atomic mass is 9.99. The number of carbonyl (C=O) groups excluding carboxylic acids is 1. The fraction of sp³-hybridized carbons (Fsp3) is 0.417. The van der Waals surface area contributed by atoms with Gasteiger partial charge in [-0.1, -0.05) is 6.07 Å². The molecule has 0 saturated heterocycles. The molecule has 2 rings (SSSR count). The van der Waals surface area contributed by atoms with E-state index < -0.39 is 17.4 Å². The largest absolute Gasteiger partial charge is 0.396 e. The number of nitrogens with one attached hydrogen (secondary N) is 2. The van der Waals surface area contributed by atoms with Gasteiger partial charge in [0.05, 0.1) is 11.3 Å². The highest BCUT2D eigenvalue weighted by molar-refractivity contribution is 6.02. The van der Waals surface area contributed by atoms with Gasteiger partial charge in [0.15, 0.2) is 0 Å². The summed E-state index contributed by atoms with van der Waals surface area (Å²) in [6.07, 6.45) is 1.14. The smallest absolute Gasteiger partial charge is 0.258 e. The number of halogens is 1. The summed E-state index contributed by atoms with van der Waals surface area (Å²) >= 11 is 0. The van der Waals surface area contributed by atoms with Crippen molar-refractivity contribution in [3.63, 3.8) is 0 Å². The van der Waals surface area contributed by atoms with Crippen LogP contribution in [0.2, 0.25) is 0 Å². The Morgan fingerprint density at radius 1 is 1.41 bits per heavy atom. The molecule has 0 fully saturated rings. The van der Waals surface area contributed by atoms with Crippen molar-refractivity contribution in [3.05, 3.63) is 29.6 Å². The quantitative estimate of drug-likeness (QED) is 0.747. The molecule has 92 valence electrons. The number of rotatable bonds is 3. The first-order chi connectivity index (χ1) is 8.06. The van der Waals surface area contributed by atoms with Crippen LogP contribution >= 0.6 is 0 Å². The SMILES string of the molecule is CC1(CCCO)NC(=O)c2c(F)cccc2N1. The highest BCUT2D eigenvalue weighted by Crippen LogP contribution is 2.28. The molecule has 5 heteroatoms. The number of aliphatic hydroxyl groups excluding tert-OH is 1. The molecule has 1 aromatic carbocycles. The molecule has 3 N–H and O–H groups in total. The summed E-state index contributed by atoms with van der Waals surface area (Å²) in [6.45, 7) is 1.87. The second-order valence-electron chi connectivity index (χ2n) is 4.40. The fourth-order valence-electron chi connectivity index (χ4n) is 2.06. The van der Waals surface area contributed by atoms with Crippen molar-refractivity contribution < 1.29 is 14.3 Å². The van der Waals surface area contributed by atoms with Gasteiger partial charge in [-0.15, -0.1) is 0 Å². The van der Waals surface area contributed by atoms with E-state index in [9.17, 15) is 9.18 Å². The minimum atomic E-state index is -0.638. The first-order valence-electron chi connectivity index (χ1n) is 5.56. The second kappa shape index (κ2) is 4.33. The van der Waals surface area contributed by atoms with Crippen molar-refractivity contribution in [1.82, 2.24) is 5.32 Å². The molecule has 1 aromatic rings. The van der Waals surface area contributed by atoms with Crippen molar-refractivity contribution in [2.45, 2.75) is 25.4 Å². The number of amides is 1. The molecule has 1 atom stereocenters. The van der Waals surface area contributed by atoms with E-state index in [1.165, 1.54) is 6.07 Å². The standard InChI is InChI=1S/C12H15FN2O2/c1-12(6-3-7-16)14-9-5-2-4-8(13)10(9)11(17)15-12/h2,4-5,14,16H,3,6-7H2,1H3,(H,15,17). The number of fused-ring (bicyclic) bond motifs is 1. The molecule has 0 aromatic heterocycles. The van der Waals surface area contributed by atoms with Crippen LogP contribution in [0.5, 0.6) is 0 Å². The maximum atomic E-state index is 13.5. The molecule has 0 radical (unpaired) electrons. The third-order valence-corrected chi connectivity index (χ3v) is 2.88. The highest BCUT2D eigenvalue weighted by atomic mass is 19.1. The van der Waals surface area contributed by atoms with E-state index in [4.69, 9.17) is 5.11 Å². The topological polar surface area (TPSA) is 61.4 Å². The molecular weight excluding hydrogens is 223 g/mol. The van der Waals surface area contributed by atoms with Gasteiger partial charge in [0.25, 0.3) is 5.91 Å². The van der Waals surface area contributed by atoms with Crippen molar-refractivity contribution in [1.29, 1.82) is 0 Å². The number of benzene rings is 1. The first kappa shape index (κ1) is 11.9. The van der Waals surface area contributed by atoms with Gasteiger partial charge in [0.1, 0.15) is 11.5 Å². The van der Waals surface area contributed by atoms with Crippen LogP contribution in [0.15, 0.2) is 18.2 Å². The minimum absolute atomic E-state index is 0.0500. The molecule has 1 heterocycles. The summed E-state index contributed by atoms with van der Waals surface area (Å²) in [5.41, 5.74) is -0.0937. The Morgan fingerprint density at radius 2 is 2.18 bits per heavy atom. The van der Waals surface area contributed by atoms with Gasteiger partial charge in [0, 0.05) is 6.61 Å². The van der Waals surface area contributed by atoms with Crippen LogP contribution in [0, 0.1) is 5.82 Å². The predicted octanol–water partition coefficient (Wildman–Crippen LogP) is 1.47. The molecule has 1 unspecified atom stereocenters. The minimum Gasteiger partial charge on any atom is -0.396 e. The van der Waals surface area contributed by atoms with Crippen molar-refractivity contribution in [2.24, 2.45) is 0 Å². The number of hydrogen-bond acceptors (Lipinski definition) is 3. The summed E-state index contributed by atoms with van der Waals surface area (Å²) in [6, 6.07) is 4.50. The van der Waals surface area contributed by atoms with Crippen LogP contribution in [0.1, 0.15) is 30.1 Å². The van der Waals surface area contributed by atoms with E-state index in [2.05, 4.69) is 10.6 Å². The molecule has 1 amide bonds. The molecule has 0 aliphatic carbocycles. The Bertz CT molecular complexity index is 450. The van der Waals surface area contributed by atoms with E-state index in [0.717, 1.165) is 0 Å². The Balaban J connectivity index is 2.30. The van der Waals surface area contributed by atoms with Crippen LogP contribution in [0.3, 0.4) is 0 Å². The van der Waals surface area contributed by atoms with Crippen LogP contribution < -0.4 is 10.6 Å². The van der Waals surface area contributed by atoms with Gasteiger partial charge in [-0.2, -0.15) is 0 Å². The molecule has 0 spiro atoms. The summed E-state index contributed by atoms with van der Waals surface area (Å²) in [5.74, 6) is -0.950. The normalized spacial score (nSPS) is 22.6. The monoisotopic (exact) mass is 238 g/mol. The van der Waals surface area contributed by atoms with Gasteiger partial charge < -0.3 is 15.7 Å². The lowest BCUT2D eigenvalue weighted by molar-refractivity contribution is 0.0894. The summed E-state index contributed by atoms with van der Waals surface area (Å²) in [5, 5.41) is 14.6. The van der Waals surface area contributed by atoms with Crippen LogP contribution in [0.25, 0.3) is 0 Å². The van der Waals surface area contributed by atoms with Gasteiger partial charge >= 0.3 is 0 Å². The third-order valence-electron chi connectivity index (χ3n) is 2.88. The Kier molecular flexibility index (Phi) is 3.02. The zero-order chi connectivity index (χ0) is 12.5. The van der Waals surface area contributed by atoms with Gasteiger partial charge in [0.2, 0.25) is 0 Å². The average Bonchev–Trinajstić information content (AvgIpc) is 2.25. The number of anilines is 1. The van der Waals surface area contributed by atoms with Crippen molar-refractivity contribution >= 4 is 11.6 Å². The summed E-state index contributed by atoms with van der Waals surface area (Å²) in [7, 11) is 0. The van der Waals surface area contributed by atoms with Crippen molar-refractivity contribution in [2.75, 3.05) is 11.9 Å². The molecule has 1 aliphatic heterocycles. The van der Waals surface area contributed by atoms with Crippen molar-refractivity contribution in [3.8, 4) is 0 Å². The van der Waals surface area contributed by atoms with Crippen LogP contribution in [-0.4, -0.2) is 23.3 Å². The molecule has 0 bridgehead atoms. The molecule has 4 nitrogen and oxygen atoms in total. The number of carbonyl (C=O) groups is 1. The van der Waals surface area contributed by atoms with E-state index >= 15 is 0 Å². The Morgan fingerprint density at radius 3 is 2.88 bits per heavy atom. The highest BCUT2D eigenvalue weighted by Gasteiger charge is 2.34. The average molecular weight is 238 g/mol. The molecule has 0 saturated carbocycles. The van der Waals surface area contributed by atoms with E-state index in [0.29, 0.717) is 18.5 Å². The zero-order valence-electron chi connectivity index (χ0n) is 9.59. The Hall–Kier alpha value is -1.62. The maximum absolute atomic E-state index is 13.5. The third kappa shape index (κ3) is 2.24. The summed E-state index contributed by atoms with van der Waals surface area (Å²) < 4.78 is 13.5. The number of aliphatic hydroxyl groups is 1. The van der Waals surface area contributed by atoms with E-state index in [1.807, 2.05) is 6.92 Å². The molecular formula is C12H15FN2O2. The zero-order valence-corrected chi connectivity index (χ0v) is 9.59. The first-order valence-corrected chi connectivity index (χ1v) is 5.56. The predicted molar refractivity (Wildman–Crippen MR) is 62.2 cm³/mol. The van der Waals surface area contributed by atoms with Gasteiger partial charge in [-0.25, -0.2) is 4.39 Å². The van der Waals surface area contributed by atoms with Gasteiger partial charge in [-0.3, -0.25) is 4.79 Å². The lowest BCUT2D eigenvalue weighted by Crippen LogP contribution is -2.55. The van der Waals surface area contributed by atoms with Crippen LogP contribution in [0.4, 0.5) is 10.1 Å². The Labute approximate surface area is 98.8 Å². The maximum Gasteiger partial charge on any atom is 0.258 e. The summed E-state index contributed by atoms with van der Waals surface area (Å²) in [4.78, 5) is 11.8. The van der Waals surface area contributed by atoms with Crippen LogP contribution in [-0.2, 0) is 0 Å². The van der Waals surface area contributed by atoms with Gasteiger partial charge in [-0.05, 0) is 31.9 Å². The molecule has 1 aliphatic rings. The van der Waals surface area contributed by atoms with E-state index in [-0.39, 0.29) is 12.2 Å². The fourth-order valence-corrected chi connectivity index (χ4v) is 2.06. The second-order valence-corrected chi connectivity index (χ2v) is 4.40. The lowest BCUT2D eigenvalue weighted by Gasteiger charge is -2.37. The molecule has 17 heavy (non-hydrogen) atoms. The van der Waals surface area contributed by atoms with E-state index in [1.54, 1.807) is 12.1 Å². The number of hydrogen-bond donors (Lipinski definition) is 3.